The quantitative estimate of drug-likeness (QED) is 0.699. The molecule has 2 aromatic rings. The minimum Gasteiger partial charge on any atom is -0.370 e. The van der Waals surface area contributed by atoms with E-state index in [0.717, 1.165) is 36.6 Å². The Balaban J connectivity index is 1.95. The van der Waals surface area contributed by atoms with Crippen LogP contribution in [0.3, 0.4) is 0 Å². The highest BCUT2D eigenvalue weighted by molar-refractivity contribution is 7.91. The fourth-order valence-corrected chi connectivity index (χ4v) is 5.14. The number of nitrogens with zero attached hydrogens (tertiary/aromatic N) is 3. The molecule has 1 N–H and O–H groups in total. The summed E-state index contributed by atoms with van der Waals surface area (Å²) >= 11 is 0. The summed E-state index contributed by atoms with van der Waals surface area (Å²) in [6, 6.07) is 11.8. The molecule has 3 rings (SSSR count). The summed E-state index contributed by atoms with van der Waals surface area (Å²) in [6.45, 7) is 5.76. The van der Waals surface area contributed by atoms with Gasteiger partial charge in [-0.15, -0.1) is 0 Å². The van der Waals surface area contributed by atoms with Crippen molar-refractivity contribution in [1.29, 1.82) is 0 Å². The molecule has 7 heteroatoms. The predicted octanol–water partition coefficient (Wildman–Crippen LogP) is 3.37. The summed E-state index contributed by atoms with van der Waals surface area (Å²) in [6.07, 6.45) is 2.83. The van der Waals surface area contributed by atoms with Crippen LogP contribution in [0.2, 0.25) is 0 Å². The lowest BCUT2D eigenvalue weighted by Gasteiger charge is -2.28. The number of sulfone groups is 1. The lowest BCUT2D eigenvalue weighted by atomic mass is 10.2. The third-order valence-corrected chi connectivity index (χ3v) is 6.62. The standard InChI is InChI=1S/C20H28N4O2S/c1-3-5-12-21-18-14-19(23-20(22-18)16-9-7-6-8-10-16)24(4-2)17-11-13-27(25,26)15-17/h6-10,14,17H,3-5,11-13,15H2,1-2H3,(H,21,22,23). The Bertz CT molecular complexity index is 856. The van der Waals surface area contributed by atoms with Gasteiger partial charge < -0.3 is 10.2 Å². The number of hydrogen-bond donors (Lipinski definition) is 1. The van der Waals surface area contributed by atoms with Crippen LogP contribution in [0.25, 0.3) is 11.4 Å². The first-order valence-electron chi connectivity index (χ1n) is 9.68. The molecule has 0 bridgehead atoms. The minimum absolute atomic E-state index is 0.0259. The van der Waals surface area contributed by atoms with E-state index >= 15 is 0 Å². The van der Waals surface area contributed by atoms with Gasteiger partial charge in [-0.1, -0.05) is 43.7 Å². The van der Waals surface area contributed by atoms with E-state index in [9.17, 15) is 8.42 Å². The van der Waals surface area contributed by atoms with Crippen molar-refractivity contribution in [1.82, 2.24) is 9.97 Å². The molecule has 1 aliphatic heterocycles. The monoisotopic (exact) mass is 388 g/mol. The Morgan fingerprint density at radius 3 is 2.59 bits per heavy atom. The lowest BCUT2D eigenvalue weighted by molar-refractivity contribution is 0.599. The maximum absolute atomic E-state index is 12.0. The average molecular weight is 389 g/mol. The van der Waals surface area contributed by atoms with Crippen LogP contribution >= 0.6 is 0 Å². The van der Waals surface area contributed by atoms with E-state index in [4.69, 9.17) is 4.98 Å². The Morgan fingerprint density at radius 2 is 1.96 bits per heavy atom. The fraction of sp³-hybridized carbons (Fsp3) is 0.500. The van der Waals surface area contributed by atoms with E-state index in [-0.39, 0.29) is 17.5 Å². The zero-order chi connectivity index (χ0) is 19.3. The maximum Gasteiger partial charge on any atom is 0.163 e. The largest absolute Gasteiger partial charge is 0.370 e. The van der Waals surface area contributed by atoms with Gasteiger partial charge in [-0.05, 0) is 19.8 Å². The van der Waals surface area contributed by atoms with Gasteiger partial charge in [0.2, 0.25) is 0 Å². The molecule has 0 spiro atoms. The molecule has 1 aromatic heterocycles. The van der Waals surface area contributed by atoms with Crippen LogP contribution in [-0.2, 0) is 9.84 Å². The second-order valence-corrected chi connectivity index (χ2v) is 9.15. The van der Waals surface area contributed by atoms with Crippen LogP contribution in [0, 0.1) is 0 Å². The number of aromatic nitrogens is 2. The molecule has 2 heterocycles. The average Bonchev–Trinajstić information content (AvgIpc) is 3.03. The van der Waals surface area contributed by atoms with Crippen molar-refractivity contribution in [2.24, 2.45) is 0 Å². The number of nitrogens with one attached hydrogen (secondary N) is 1. The maximum atomic E-state index is 12.0. The van der Waals surface area contributed by atoms with E-state index in [1.807, 2.05) is 43.3 Å². The summed E-state index contributed by atoms with van der Waals surface area (Å²) < 4.78 is 23.9. The second kappa shape index (κ2) is 8.69. The number of unbranched alkanes of at least 4 members (excludes halogenated alkanes) is 1. The van der Waals surface area contributed by atoms with Crippen LogP contribution in [-0.4, -0.2) is 49.0 Å². The Morgan fingerprint density at radius 1 is 1.19 bits per heavy atom. The van der Waals surface area contributed by atoms with E-state index < -0.39 is 9.84 Å². The zero-order valence-electron chi connectivity index (χ0n) is 16.1. The SMILES string of the molecule is CCCCNc1cc(N(CC)C2CCS(=O)(=O)C2)nc(-c2ccccc2)n1. The number of hydrogen-bond acceptors (Lipinski definition) is 6. The van der Waals surface area contributed by atoms with Crippen LogP contribution in [0.15, 0.2) is 36.4 Å². The Hall–Kier alpha value is -2.15. The van der Waals surface area contributed by atoms with Gasteiger partial charge in [0.05, 0.1) is 11.5 Å². The molecule has 1 unspecified atom stereocenters. The number of benzene rings is 1. The topological polar surface area (TPSA) is 75.2 Å². The molecule has 1 saturated heterocycles. The zero-order valence-corrected chi connectivity index (χ0v) is 16.9. The van der Waals surface area contributed by atoms with Crippen molar-refractivity contribution in [3.05, 3.63) is 36.4 Å². The highest BCUT2D eigenvalue weighted by Gasteiger charge is 2.32. The van der Waals surface area contributed by atoms with Crippen molar-refractivity contribution >= 4 is 21.5 Å². The van der Waals surface area contributed by atoms with Crippen molar-refractivity contribution < 1.29 is 8.42 Å². The molecule has 146 valence electrons. The van der Waals surface area contributed by atoms with Gasteiger partial charge >= 0.3 is 0 Å². The second-order valence-electron chi connectivity index (χ2n) is 6.92. The molecule has 0 radical (unpaired) electrons. The van der Waals surface area contributed by atoms with Crippen molar-refractivity contribution in [2.45, 2.75) is 39.2 Å². The number of anilines is 2. The predicted molar refractivity (Wildman–Crippen MR) is 111 cm³/mol. The van der Waals surface area contributed by atoms with E-state index in [1.165, 1.54) is 0 Å². The third kappa shape index (κ3) is 4.97. The molecule has 1 aromatic carbocycles. The summed E-state index contributed by atoms with van der Waals surface area (Å²) in [5, 5.41) is 3.39. The molecular weight excluding hydrogens is 360 g/mol. The van der Waals surface area contributed by atoms with Gasteiger partial charge in [0, 0.05) is 30.8 Å². The van der Waals surface area contributed by atoms with Gasteiger partial charge in [-0.2, -0.15) is 0 Å². The molecule has 27 heavy (non-hydrogen) atoms. The molecular formula is C20H28N4O2S. The highest BCUT2D eigenvalue weighted by atomic mass is 32.2. The first kappa shape index (κ1) is 19.6. The van der Waals surface area contributed by atoms with Crippen molar-refractivity contribution in [3.8, 4) is 11.4 Å². The first-order chi connectivity index (χ1) is 13.0. The van der Waals surface area contributed by atoms with Crippen LogP contribution in [0.4, 0.5) is 11.6 Å². The molecule has 0 amide bonds. The van der Waals surface area contributed by atoms with Crippen LogP contribution in [0.5, 0.6) is 0 Å². The smallest absolute Gasteiger partial charge is 0.163 e. The molecule has 1 atom stereocenters. The Kier molecular flexibility index (Phi) is 6.31. The summed E-state index contributed by atoms with van der Waals surface area (Å²) in [4.78, 5) is 11.6. The first-order valence-corrected chi connectivity index (χ1v) is 11.5. The van der Waals surface area contributed by atoms with Crippen LogP contribution in [0.1, 0.15) is 33.1 Å². The van der Waals surface area contributed by atoms with Crippen molar-refractivity contribution in [3.63, 3.8) is 0 Å². The number of rotatable bonds is 8. The van der Waals surface area contributed by atoms with E-state index in [1.54, 1.807) is 0 Å². The van der Waals surface area contributed by atoms with Crippen LogP contribution < -0.4 is 10.2 Å². The summed E-state index contributed by atoms with van der Waals surface area (Å²) in [5.74, 6) is 2.68. The van der Waals surface area contributed by atoms with Gasteiger partial charge in [-0.25, -0.2) is 18.4 Å². The lowest BCUT2D eigenvalue weighted by Crippen LogP contribution is -2.37. The molecule has 0 aliphatic carbocycles. The van der Waals surface area contributed by atoms with Gasteiger partial charge in [0.25, 0.3) is 0 Å². The minimum atomic E-state index is -2.95. The Labute approximate surface area is 162 Å². The fourth-order valence-electron chi connectivity index (χ4n) is 3.41. The van der Waals surface area contributed by atoms with E-state index in [2.05, 4.69) is 22.1 Å². The van der Waals surface area contributed by atoms with Gasteiger partial charge in [0.15, 0.2) is 15.7 Å². The van der Waals surface area contributed by atoms with Gasteiger partial charge in [0.1, 0.15) is 11.6 Å². The molecule has 6 nitrogen and oxygen atoms in total. The van der Waals surface area contributed by atoms with Crippen molar-refractivity contribution in [2.75, 3.05) is 34.8 Å². The van der Waals surface area contributed by atoms with E-state index in [0.29, 0.717) is 18.8 Å². The molecule has 0 saturated carbocycles. The summed E-state index contributed by atoms with van der Waals surface area (Å²) in [7, 11) is -2.95. The third-order valence-electron chi connectivity index (χ3n) is 4.87. The summed E-state index contributed by atoms with van der Waals surface area (Å²) in [5.41, 5.74) is 0.952. The molecule has 1 aliphatic rings. The highest BCUT2D eigenvalue weighted by Crippen LogP contribution is 2.27. The normalized spacial score (nSPS) is 18.4. The van der Waals surface area contributed by atoms with Gasteiger partial charge in [-0.3, -0.25) is 0 Å². The molecule has 1 fully saturated rings.